The van der Waals surface area contributed by atoms with Gasteiger partial charge in [0.15, 0.2) is 14.6 Å². The van der Waals surface area contributed by atoms with Gasteiger partial charge in [-0.2, -0.15) is 4.99 Å². The van der Waals surface area contributed by atoms with Gasteiger partial charge in [-0.3, -0.25) is 9.59 Å². The third-order valence-corrected chi connectivity index (χ3v) is 7.65. The summed E-state index contributed by atoms with van der Waals surface area (Å²) in [7, 11) is -2.13. The SMILES string of the molecule is CCc1ccc2c(c1)sc(=NC(=O)CCCS(=O)(=O)c1ccccc1)n2CC(=O)OC. The highest BCUT2D eigenvalue weighted by atomic mass is 32.2. The number of nitrogens with zero attached hydrogens (tertiary/aromatic N) is 2. The van der Waals surface area contributed by atoms with Crippen molar-refractivity contribution < 1.29 is 22.7 Å². The normalized spacial score (nSPS) is 12.3. The molecule has 0 saturated heterocycles. The summed E-state index contributed by atoms with van der Waals surface area (Å²) in [4.78, 5) is 29.1. The molecule has 1 aromatic heterocycles. The Morgan fingerprint density at radius 1 is 1.13 bits per heavy atom. The van der Waals surface area contributed by atoms with E-state index in [9.17, 15) is 18.0 Å². The van der Waals surface area contributed by atoms with Gasteiger partial charge >= 0.3 is 5.97 Å². The predicted octanol–water partition coefficient (Wildman–Crippen LogP) is 3.12. The number of hydrogen-bond donors (Lipinski definition) is 0. The molecule has 9 heteroatoms. The number of carbonyl (C=O) groups excluding carboxylic acids is 2. The highest BCUT2D eigenvalue weighted by molar-refractivity contribution is 7.91. The quantitative estimate of drug-likeness (QED) is 0.482. The van der Waals surface area contributed by atoms with Gasteiger partial charge in [0, 0.05) is 6.42 Å². The van der Waals surface area contributed by atoms with Crippen molar-refractivity contribution in [2.45, 2.75) is 37.6 Å². The fraction of sp³-hybridized carbons (Fsp3) is 0.318. The molecule has 1 heterocycles. The van der Waals surface area contributed by atoms with Crippen LogP contribution < -0.4 is 4.80 Å². The summed E-state index contributed by atoms with van der Waals surface area (Å²) in [6.07, 6.45) is 1.03. The fourth-order valence-electron chi connectivity index (χ4n) is 3.09. The van der Waals surface area contributed by atoms with Crippen LogP contribution in [0.25, 0.3) is 10.2 Å². The molecule has 0 unspecified atom stereocenters. The van der Waals surface area contributed by atoms with E-state index in [4.69, 9.17) is 4.74 Å². The molecule has 0 bridgehead atoms. The first-order chi connectivity index (χ1) is 14.8. The molecule has 3 rings (SSSR count). The lowest BCUT2D eigenvalue weighted by molar-refractivity contribution is -0.141. The Bertz CT molecular complexity index is 1260. The molecular formula is C22H24N2O5S2. The Hall–Kier alpha value is -2.78. The van der Waals surface area contributed by atoms with Gasteiger partial charge in [-0.1, -0.05) is 42.5 Å². The average Bonchev–Trinajstić information content (AvgIpc) is 3.09. The molecule has 0 spiro atoms. The molecule has 0 aliphatic rings. The van der Waals surface area contributed by atoms with Crippen molar-refractivity contribution in [3.8, 4) is 0 Å². The minimum absolute atomic E-state index is 0.00125. The zero-order valence-corrected chi connectivity index (χ0v) is 19.0. The zero-order chi connectivity index (χ0) is 22.4. The van der Waals surface area contributed by atoms with Gasteiger partial charge < -0.3 is 9.30 Å². The van der Waals surface area contributed by atoms with Gasteiger partial charge in [0.25, 0.3) is 0 Å². The molecule has 164 valence electrons. The van der Waals surface area contributed by atoms with Crippen LogP contribution in [0.4, 0.5) is 0 Å². The van der Waals surface area contributed by atoms with E-state index >= 15 is 0 Å². The van der Waals surface area contributed by atoms with Gasteiger partial charge in [0.2, 0.25) is 5.91 Å². The van der Waals surface area contributed by atoms with Crippen molar-refractivity contribution in [2.24, 2.45) is 4.99 Å². The topological polar surface area (TPSA) is 94.8 Å². The second kappa shape index (κ2) is 10.0. The maximum atomic E-state index is 12.5. The number of sulfone groups is 1. The summed E-state index contributed by atoms with van der Waals surface area (Å²) in [5, 5.41) is 0. The van der Waals surface area contributed by atoms with Crippen molar-refractivity contribution in [1.29, 1.82) is 0 Å². The second-order valence-electron chi connectivity index (χ2n) is 6.94. The van der Waals surface area contributed by atoms with Crippen LogP contribution in [0, 0.1) is 0 Å². The Labute approximate surface area is 184 Å². The molecule has 1 amide bonds. The smallest absolute Gasteiger partial charge is 0.325 e. The van der Waals surface area contributed by atoms with Crippen LogP contribution in [0.1, 0.15) is 25.3 Å². The number of ether oxygens (including phenoxy) is 1. The molecule has 0 atom stereocenters. The lowest BCUT2D eigenvalue weighted by Gasteiger charge is -2.04. The number of rotatable bonds is 8. The predicted molar refractivity (Wildman–Crippen MR) is 120 cm³/mol. The zero-order valence-electron chi connectivity index (χ0n) is 17.4. The Kier molecular flexibility index (Phi) is 7.40. The van der Waals surface area contributed by atoms with Gasteiger partial charge in [0.1, 0.15) is 6.54 Å². The maximum absolute atomic E-state index is 12.5. The van der Waals surface area contributed by atoms with Crippen LogP contribution in [-0.4, -0.2) is 37.7 Å². The van der Waals surface area contributed by atoms with Crippen molar-refractivity contribution in [3.05, 3.63) is 58.9 Å². The summed E-state index contributed by atoms with van der Waals surface area (Å²) in [6, 6.07) is 14.1. The first-order valence-electron chi connectivity index (χ1n) is 9.88. The number of aromatic nitrogens is 1. The lowest BCUT2D eigenvalue weighted by atomic mass is 10.2. The van der Waals surface area contributed by atoms with E-state index < -0.39 is 21.7 Å². The Morgan fingerprint density at radius 3 is 2.55 bits per heavy atom. The van der Waals surface area contributed by atoms with E-state index in [0.29, 0.717) is 4.80 Å². The maximum Gasteiger partial charge on any atom is 0.325 e. The second-order valence-corrected chi connectivity index (χ2v) is 10.1. The molecule has 2 aromatic carbocycles. The summed E-state index contributed by atoms with van der Waals surface area (Å²) >= 11 is 1.32. The van der Waals surface area contributed by atoms with Crippen LogP contribution >= 0.6 is 11.3 Å². The molecule has 0 aliphatic heterocycles. The molecular weight excluding hydrogens is 436 g/mol. The fourth-order valence-corrected chi connectivity index (χ4v) is 5.53. The van der Waals surface area contributed by atoms with Gasteiger partial charge in [-0.15, -0.1) is 0 Å². The van der Waals surface area contributed by atoms with Gasteiger partial charge in [-0.05, 0) is 42.7 Å². The Morgan fingerprint density at radius 2 is 1.87 bits per heavy atom. The van der Waals surface area contributed by atoms with Crippen LogP contribution in [0.2, 0.25) is 0 Å². The lowest BCUT2D eigenvalue weighted by Crippen LogP contribution is -2.22. The summed E-state index contributed by atoms with van der Waals surface area (Å²) in [5.74, 6) is -1.00. The monoisotopic (exact) mass is 460 g/mol. The van der Waals surface area contributed by atoms with Crippen LogP contribution in [0.15, 0.2) is 58.4 Å². The third-order valence-electron chi connectivity index (χ3n) is 4.80. The number of thiazole rings is 1. The van der Waals surface area contributed by atoms with Crippen molar-refractivity contribution >= 4 is 43.3 Å². The molecule has 3 aromatic rings. The van der Waals surface area contributed by atoms with Gasteiger partial charge in [0.05, 0.1) is 28.0 Å². The van der Waals surface area contributed by atoms with Crippen LogP contribution in [0.5, 0.6) is 0 Å². The van der Waals surface area contributed by atoms with Crippen LogP contribution in [0.3, 0.4) is 0 Å². The van der Waals surface area contributed by atoms with E-state index in [1.165, 1.54) is 18.4 Å². The van der Waals surface area contributed by atoms with Crippen molar-refractivity contribution in [1.82, 2.24) is 4.57 Å². The number of hydrogen-bond acceptors (Lipinski definition) is 6. The van der Waals surface area contributed by atoms with E-state index in [1.54, 1.807) is 34.9 Å². The van der Waals surface area contributed by atoms with E-state index in [0.717, 1.165) is 22.2 Å². The number of esters is 1. The first kappa shape index (κ1) is 22.9. The first-order valence-corrected chi connectivity index (χ1v) is 12.4. The van der Waals surface area contributed by atoms with Crippen molar-refractivity contribution in [3.63, 3.8) is 0 Å². The Balaban J connectivity index is 1.81. The van der Waals surface area contributed by atoms with E-state index in [2.05, 4.69) is 11.9 Å². The summed E-state index contributed by atoms with van der Waals surface area (Å²) in [6.45, 7) is 1.99. The summed E-state index contributed by atoms with van der Waals surface area (Å²) < 4.78 is 32.1. The molecule has 0 aliphatic carbocycles. The van der Waals surface area contributed by atoms with E-state index in [1.807, 2.05) is 18.2 Å². The largest absolute Gasteiger partial charge is 0.468 e. The standard InChI is InChI=1S/C22H24N2O5S2/c1-3-16-11-12-18-19(14-16)30-22(24(18)15-21(26)29-2)23-20(25)10-7-13-31(27,28)17-8-5-4-6-9-17/h4-6,8-9,11-12,14H,3,7,10,13,15H2,1-2H3. The van der Waals surface area contributed by atoms with Crippen molar-refractivity contribution in [2.75, 3.05) is 12.9 Å². The molecule has 7 nitrogen and oxygen atoms in total. The highest BCUT2D eigenvalue weighted by Crippen LogP contribution is 2.20. The van der Waals surface area contributed by atoms with E-state index in [-0.39, 0.29) is 30.0 Å². The molecule has 0 saturated carbocycles. The number of aryl methyl sites for hydroxylation is 1. The average molecular weight is 461 g/mol. The van der Waals surface area contributed by atoms with Crippen LogP contribution in [-0.2, 0) is 37.1 Å². The third kappa shape index (κ3) is 5.68. The number of methoxy groups -OCH3 is 1. The number of benzene rings is 2. The number of fused-ring (bicyclic) bond motifs is 1. The molecule has 0 fully saturated rings. The minimum atomic E-state index is -3.44. The highest BCUT2D eigenvalue weighted by Gasteiger charge is 2.15. The molecule has 31 heavy (non-hydrogen) atoms. The molecule has 0 N–H and O–H groups in total. The minimum Gasteiger partial charge on any atom is -0.468 e. The number of carbonyl (C=O) groups is 2. The van der Waals surface area contributed by atoms with Gasteiger partial charge in [-0.25, -0.2) is 8.42 Å². The number of amides is 1. The molecule has 0 radical (unpaired) electrons. The summed E-state index contributed by atoms with van der Waals surface area (Å²) in [5.41, 5.74) is 1.94.